The standard InChI is InChI=1S/C16H24FNO/c1-3-4-12-6-8-14(18)16(10-12)19-15-9-11(2)5-7-13(15)17/h5,7,9,12,14,16H,3-4,6,8,10,18H2,1-2H3. The van der Waals surface area contributed by atoms with Crippen molar-refractivity contribution in [2.75, 3.05) is 0 Å². The van der Waals surface area contributed by atoms with Crippen LogP contribution in [0.1, 0.15) is 44.6 Å². The quantitative estimate of drug-likeness (QED) is 0.898. The van der Waals surface area contributed by atoms with E-state index in [0.717, 1.165) is 18.4 Å². The molecule has 0 bridgehead atoms. The zero-order valence-corrected chi connectivity index (χ0v) is 11.9. The Morgan fingerprint density at radius 1 is 1.37 bits per heavy atom. The average molecular weight is 265 g/mol. The molecule has 1 saturated carbocycles. The van der Waals surface area contributed by atoms with Gasteiger partial charge >= 0.3 is 0 Å². The summed E-state index contributed by atoms with van der Waals surface area (Å²) in [5.74, 6) is 0.718. The fraction of sp³-hybridized carbons (Fsp3) is 0.625. The van der Waals surface area contributed by atoms with Gasteiger partial charge in [-0.1, -0.05) is 25.8 Å². The van der Waals surface area contributed by atoms with Gasteiger partial charge in [0, 0.05) is 6.04 Å². The summed E-state index contributed by atoms with van der Waals surface area (Å²) in [5, 5.41) is 0. The van der Waals surface area contributed by atoms with Crippen LogP contribution in [0.2, 0.25) is 0 Å². The zero-order valence-electron chi connectivity index (χ0n) is 11.9. The SMILES string of the molecule is CCCC1CCC(N)C(Oc2cc(C)ccc2F)C1. The Balaban J connectivity index is 2.05. The molecule has 3 unspecified atom stereocenters. The van der Waals surface area contributed by atoms with Crippen molar-refractivity contribution in [1.29, 1.82) is 0 Å². The van der Waals surface area contributed by atoms with E-state index < -0.39 is 0 Å². The smallest absolute Gasteiger partial charge is 0.165 e. The van der Waals surface area contributed by atoms with Crippen molar-refractivity contribution in [3.63, 3.8) is 0 Å². The Bertz CT molecular complexity index is 421. The van der Waals surface area contributed by atoms with Gasteiger partial charge in [-0.05, 0) is 49.8 Å². The molecule has 0 amide bonds. The summed E-state index contributed by atoms with van der Waals surface area (Å²) in [7, 11) is 0. The van der Waals surface area contributed by atoms with Gasteiger partial charge in [0.05, 0.1) is 0 Å². The molecule has 2 rings (SSSR count). The van der Waals surface area contributed by atoms with E-state index in [1.165, 1.54) is 25.3 Å². The minimum atomic E-state index is -0.296. The number of aryl methyl sites for hydroxylation is 1. The maximum absolute atomic E-state index is 13.7. The minimum absolute atomic E-state index is 0.0213. The van der Waals surface area contributed by atoms with E-state index in [2.05, 4.69) is 6.92 Å². The predicted molar refractivity (Wildman–Crippen MR) is 75.8 cm³/mol. The van der Waals surface area contributed by atoms with Crippen LogP contribution in [0.5, 0.6) is 5.75 Å². The molecule has 1 aromatic carbocycles. The monoisotopic (exact) mass is 265 g/mol. The lowest BCUT2D eigenvalue weighted by Gasteiger charge is -2.34. The number of halogens is 1. The molecule has 0 heterocycles. The molecule has 19 heavy (non-hydrogen) atoms. The number of nitrogens with two attached hydrogens (primary N) is 1. The highest BCUT2D eigenvalue weighted by molar-refractivity contribution is 5.29. The lowest BCUT2D eigenvalue weighted by molar-refractivity contribution is 0.0952. The van der Waals surface area contributed by atoms with Crippen molar-refractivity contribution in [3.05, 3.63) is 29.6 Å². The zero-order chi connectivity index (χ0) is 13.8. The number of rotatable bonds is 4. The van der Waals surface area contributed by atoms with Crippen LogP contribution in [0.4, 0.5) is 4.39 Å². The van der Waals surface area contributed by atoms with Crippen LogP contribution < -0.4 is 10.5 Å². The molecule has 0 aliphatic heterocycles. The number of hydrogen-bond donors (Lipinski definition) is 1. The molecule has 1 aliphatic carbocycles. The highest BCUT2D eigenvalue weighted by atomic mass is 19.1. The van der Waals surface area contributed by atoms with Crippen molar-refractivity contribution >= 4 is 0 Å². The van der Waals surface area contributed by atoms with Crippen LogP contribution in [-0.2, 0) is 0 Å². The maximum atomic E-state index is 13.7. The van der Waals surface area contributed by atoms with Crippen molar-refractivity contribution in [3.8, 4) is 5.75 Å². The molecule has 2 nitrogen and oxygen atoms in total. The van der Waals surface area contributed by atoms with E-state index in [-0.39, 0.29) is 18.0 Å². The molecular formula is C16H24FNO. The summed E-state index contributed by atoms with van der Waals surface area (Å²) in [4.78, 5) is 0. The third-order valence-corrected chi connectivity index (χ3v) is 4.01. The van der Waals surface area contributed by atoms with Gasteiger partial charge in [0.1, 0.15) is 6.10 Å². The van der Waals surface area contributed by atoms with Crippen molar-refractivity contribution in [2.45, 2.75) is 58.1 Å². The molecule has 1 aromatic rings. The van der Waals surface area contributed by atoms with Crippen LogP contribution in [0, 0.1) is 18.7 Å². The van der Waals surface area contributed by atoms with Crippen LogP contribution >= 0.6 is 0 Å². The van der Waals surface area contributed by atoms with Crippen LogP contribution in [0.3, 0.4) is 0 Å². The Kier molecular flexibility index (Phi) is 4.81. The van der Waals surface area contributed by atoms with Crippen LogP contribution in [0.15, 0.2) is 18.2 Å². The van der Waals surface area contributed by atoms with Gasteiger partial charge < -0.3 is 10.5 Å². The summed E-state index contributed by atoms with van der Waals surface area (Å²) in [6.45, 7) is 4.14. The first-order chi connectivity index (χ1) is 9.10. The molecule has 0 spiro atoms. The van der Waals surface area contributed by atoms with Gasteiger partial charge in [-0.3, -0.25) is 0 Å². The summed E-state index contributed by atoms with van der Waals surface area (Å²) in [5.41, 5.74) is 7.13. The average Bonchev–Trinajstić information content (AvgIpc) is 2.38. The lowest BCUT2D eigenvalue weighted by atomic mass is 9.82. The fourth-order valence-electron chi connectivity index (χ4n) is 2.91. The number of benzene rings is 1. The molecule has 0 saturated heterocycles. The van der Waals surface area contributed by atoms with E-state index in [4.69, 9.17) is 10.5 Å². The van der Waals surface area contributed by atoms with Crippen molar-refractivity contribution < 1.29 is 9.13 Å². The van der Waals surface area contributed by atoms with Gasteiger partial charge in [0.2, 0.25) is 0 Å². The predicted octanol–water partition coefficient (Wildman–Crippen LogP) is 3.81. The van der Waals surface area contributed by atoms with E-state index in [1.54, 1.807) is 12.1 Å². The molecular weight excluding hydrogens is 241 g/mol. The summed E-state index contributed by atoms with van der Waals surface area (Å²) < 4.78 is 19.6. The second-order valence-corrected chi connectivity index (χ2v) is 5.72. The van der Waals surface area contributed by atoms with Crippen LogP contribution in [0.25, 0.3) is 0 Å². The third-order valence-electron chi connectivity index (χ3n) is 4.01. The van der Waals surface area contributed by atoms with Crippen LogP contribution in [-0.4, -0.2) is 12.1 Å². The normalized spacial score (nSPS) is 27.3. The minimum Gasteiger partial charge on any atom is -0.486 e. The van der Waals surface area contributed by atoms with Gasteiger partial charge in [-0.25, -0.2) is 4.39 Å². The van der Waals surface area contributed by atoms with Gasteiger partial charge in [-0.15, -0.1) is 0 Å². The van der Waals surface area contributed by atoms with Gasteiger partial charge in [0.15, 0.2) is 11.6 Å². The first-order valence-corrected chi connectivity index (χ1v) is 7.28. The second kappa shape index (κ2) is 6.38. The summed E-state index contributed by atoms with van der Waals surface area (Å²) in [6.07, 6.45) is 5.44. The first-order valence-electron chi connectivity index (χ1n) is 7.28. The molecule has 1 fully saturated rings. The van der Waals surface area contributed by atoms with E-state index in [1.807, 2.05) is 6.92 Å². The topological polar surface area (TPSA) is 35.2 Å². The summed E-state index contributed by atoms with van der Waals surface area (Å²) in [6, 6.07) is 4.99. The largest absolute Gasteiger partial charge is 0.486 e. The molecule has 2 N–H and O–H groups in total. The Morgan fingerprint density at radius 2 is 2.16 bits per heavy atom. The molecule has 0 aromatic heterocycles. The second-order valence-electron chi connectivity index (χ2n) is 5.72. The maximum Gasteiger partial charge on any atom is 0.165 e. The lowest BCUT2D eigenvalue weighted by Crippen LogP contribution is -2.44. The molecule has 0 radical (unpaired) electrons. The van der Waals surface area contributed by atoms with Crippen molar-refractivity contribution in [2.24, 2.45) is 11.7 Å². The third kappa shape index (κ3) is 3.69. The Morgan fingerprint density at radius 3 is 2.89 bits per heavy atom. The molecule has 1 aliphatic rings. The first kappa shape index (κ1) is 14.3. The van der Waals surface area contributed by atoms with Gasteiger partial charge in [0.25, 0.3) is 0 Å². The fourth-order valence-corrected chi connectivity index (χ4v) is 2.91. The highest BCUT2D eigenvalue weighted by Crippen LogP contribution is 2.31. The van der Waals surface area contributed by atoms with E-state index >= 15 is 0 Å². The van der Waals surface area contributed by atoms with E-state index in [0.29, 0.717) is 11.7 Å². The molecule has 106 valence electrons. The van der Waals surface area contributed by atoms with E-state index in [9.17, 15) is 4.39 Å². The molecule has 3 heteroatoms. The Hall–Kier alpha value is -1.09. The molecule has 3 atom stereocenters. The number of hydrogen-bond acceptors (Lipinski definition) is 2. The van der Waals surface area contributed by atoms with Gasteiger partial charge in [-0.2, -0.15) is 0 Å². The summed E-state index contributed by atoms with van der Waals surface area (Å²) >= 11 is 0. The highest BCUT2D eigenvalue weighted by Gasteiger charge is 2.29. The van der Waals surface area contributed by atoms with Crippen molar-refractivity contribution in [1.82, 2.24) is 0 Å². The Labute approximate surface area is 115 Å². The number of ether oxygens (including phenoxy) is 1.